The molecule has 0 radical (unpaired) electrons. The molecule has 2 aromatic carbocycles. The van der Waals surface area contributed by atoms with Gasteiger partial charge in [0.2, 0.25) is 5.16 Å². The Morgan fingerprint density at radius 2 is 1.96 bits per heavy atom. The number of phenolic OH excluding ortho intramolecular Hbond substituents is 1. The molecule has 1 aliphatic heterocycles. The molecular formula is C17H15ClN4O3S. The molecule has 26 heavy (non-hydrogen) atoms. The first-order valence-corrected chi connectivity index (χ1v) is 9.35. The van der Waals surface area contributed by atoms with E-state index >= 15 is 0 Å². The monoisotopic (exact) mass is 390 g/mol. The van der Waals surface area contributed by atoms with Crippen molar-refractivity contribution in [2.75, 3.05) is 13.2 Å². The van der Waals surface area contributed by atoms with Crippen LogP contribution in [0.1, 0.15) is 12.0 Å². The number of benzene rings is 2. The number of thioether (sulfide) groups is 1. The summed E-state index contributed by atoms with van der Waals surface area (Å²) in [6, 6.07) is 10.5. The molecule has 1 N–H and O–H groups in total. The lowest BCUT2D eigenvalue weighted by molar-refractivity contribution is 0.297. The SMILES string of the molecule is Oc1ccc(-n2nnnc2SCc2cc(Cl)c3c(c2)OCCCO3)cc1. The summed E-state index contributed by atoms with van der Waals surface area (Å²) < 4.78 is 13.0. The molecule has 0 fully saturated rings. The fourth-order valence-corrected chi connectivity index (χ4v) is 3.65. The van der Waals surface area contributed by atoms with Crippen LogP contribution in [-0.2, 0) is 5.75 Å². The van der Waals surface area contributed by atoms with E-state index in [-0.39, 0.29) is 5.75 Å². The van der Waals surface area contributed by atoms with E-state index in [2.05, 4.69) is 15.5 Å². The summed E-state index contributed by atoms with van der Waals surface area (Å²) in [5.41, 5.74) is 1.76. The van der Waals surface area contributed by atoms with Crippen molar-refractivity contribution in [3.05, 3.63) is 47.0 Å². The van der Waals surface area contributed by atoms with Gasteiger partial charge in [0, 0.05) is 12.2 Å². The highest BCUT2D eigenvalue weighted by Gasteiger charge is 2.16. The Kier molecular flexibility index (Phi) is 4.85. The van der Waals surface area contributed by atoms with Crippen LogP contribution in [0.2, 0.25) is 5.02 Å². The smallest absolute Gasteiger partial charge is 0.214 e. The Hall–Kier alpha value is -2.45. The molecule has 0 aliphatic carbocycles. The molecule has 7 nitrogen and oxygen atoms in total. The lowest BCUT2D eigenvalue weighted by Crippen LogP contribution is -1.99. The second-order valence-electron chi connectivity index (χ2n) is 5.63. The van der Waals surface area contributed by atoms with Crippen molar-refractivity contribution in [1.82, 2.24) is 20.2 Å². The summed E-state index contributed by atoms with van der Waals surface area (Å²) in [4.78, 5) is 0. The molecule has 0 spiro atoms. The lowest BCUT2D eigenvalue weighted by atomic mass is 10.2. The molecule has 3 aromatic rings. The molecule has 0 amide bonds. The van der Waals surface area contributed by atoms with Gasteiger partial charge in [0.05, 0.1) is 23.9 Å². The Morgan fingerprint density at radius 3 is 2.81 bits per heavy atom. The van der Waals surface area contributed by atoms with Gasteiger partial charge in [0.25, 0.3) is 0 Å². The van der Waals surface area contributed by atoms with Crippen LogP contribution < -0.4 is 9.47 Å². The van der Waals surface area contributed by atoms with Crippen LogP contribution in [0.5, 0.6) is 17.2 Å². The van der Waals surface area contributed by atoms with Gasteiger partial charge in [-0.25, -0.2) is 0 Å². The second-order valence-corrected chi connectivity index (χ2v) is 6.98. The van der Waals surface area contributed by atoms with Crippen molar-refractivity contribution in [1.29, 1.82) is 0 Å². The standard InChI is InChI=1S/C17H15ClN4O3S/c18-14-8-11(9-15-16(14)25-7-1-6-24-15)10-26-17-19-20-21-22(17)12-2-4-13(23)5-3-12/h2-5,8-9,23H,1,6-7,10H2. The van der Waals surface area contributed by atoms with Crippen molar-refractivity contribution in [3.63, 3.8) is 0 Å². The van der Waals surface area contributed by atoms with Crippen molar-refractivity contribution < 1.29 is 14.6 Å². The van der Waals surface area contributed by atoms with E-state index < -0.39 is 0 Å². The third-order valence-electron chi connectivity index (χ3n) is 3.77. The third-order valence-corrected chi connectivity index (χ3v) is 5.04. The van der Waals surface area contributed by atoms with E-state index in [1.807, 2.05) is 12.1 Å². The van der Waals surface area contributed by atoms with Crippen LogP contribution in [0.25, 0.3) is 5.69 Å². The van der Waals surface area contributed by atoms with Crippen LogP contribution in [0.4, 0.5) is 0 Å². The highest BCUT2D eigenvalue weighted by atomic mass is 35.5. The number of ether oxygens (including phenoxy) is 2. The molecule has 1 aromatic heterocycles. The summed E-state index contributed by atoms with van der Waals surface area (Å²) >= 11 is 7.82. The summed E-state index contributed by atoms with van der Waals surface area (Å²) in [7, 11) is 0. The summed E-state index contributed by atoms with van der Waals surface area (Å²) in [5, 5.41) is 22.4. The van der Waals surface area contributed by atoms with Gasteiger partial charge < -0.3 is 14.6 Å². The normalized spacial score (nSPS) is 13.4. The first-order chi connectivity index (χ1) is 12.7. The average molecular weight is 391 g/mol. The number of tetrazole rings is 1. The van der Waals surface area contributed by atoms with Gasteiger partial charge in [-0.05, 0) is 52.4 Å². The fourth-order valence-electron chi connectivity index (χ4n) is 2.54. The van der Waals surface area contributed by atoms with Gasteiger partial charge in [-0.15, -0.1) is 5.10 Å². The van der Waals surface area contributed by atoms with E-state index in [0.717, 1.165) is 17.7 Å². The van der Waals surface area contributed by atoms with E-state index in [0.29, 0.717) is 40.6 Å². The Morgan fingerprint density at radius 1 is 1.15 bits per heavy atom. The molecule has 4 rings (SSSR count). The maximum atomic E-state index is 9.42. The van der Waals surface area contributed by atoms with Crippen molar-refractivity contribution in [2.24, 2.45) is 0 Å². The van der Waals surface area contributed by atoms with Gasteiger partial charge in [0.1, 0.15) is 5.75 Å². The van der Waals surface area contributed by atoms with Crippen molar-refractivity contribution in [3.8, 4) is 22.9 Å². The molecule has 0 bridgehead atoms. The minimum absolute atomic E-state index is 0.192. The predicted octanol–water partition coefficient (Wildman–Crippen LogP) is 3.47. The number of aromatic nitrogens is 4. The van der Waals surface area contributed by atoms with E-state index in [9.17, 15) is 5.11 Å². The Balaban J connectivity index is 1.53. The number of halogens is 1. The van der Waals surface area contributed by atoms with E-state index in [4.69, 9.17) is 21.1 Å². The van der Waals surface area contributed by atoms with Crippen molar-refractivity contribution in [2.45, 2.75) is 17.3 Å². The maximum Gasteiger partial charge on any atom is 0.214 e. The highest BCUT2D eigenvalue weighted by Crippen LogP contribution is 2.39. The fraction of sp³-hybridized carbons (Fsp3) is 0.235. The quantitative estimate of drug-likeness (QED) is 0.683. The van der Waals surface area contributed by atoms with Crippen LogP contribution >= 0.6 is 23.4 Å². The molecule has 0 unspecified atom stereocenters. The van der Waals surface area contributed by atoms with Crippen LogP contribution in [0.15, 0.2) is 41.6 Å². The largest absolute Gasteiger partial charge is 0.508 e. The predicted molar refractivity (Wildman–Crippen MR) is 97.4 cm³/mol. The number of rotatable bonds is 4. The molecule has 9 heteroatoms. The average Bonchev–Trinajstić information content (AvgIpc) is 2.97. The summed E-state index contributed by atoms with van der Waals surface area (Å²) in [6.45, 7) is 1.21. The maximum absolute atomic E-state index is 9.42. The number of nitrogens with zero attached hydrogens (tertiary/aromatic N) is 4. The van der Waals surface area contributed by atoms with E-state index in [1.165, 1.54) is 11.8 Å². The number of hydrogen-bond donors (Lipinski definition) is 1. The molecule has 2 heterocycles. The van der Waals surface area contributed by atoms with Crippen LogP contribution in [-0.4, -0.2) is 38.5 Å². The van der Waals surface area contributed by atoms with E-state index in [1.54, 1.807) is 28.9 Å². The molecule has 0 atom stereocenters. The molecule has 134 valence electrons. The Bertz CT molecular complexity index is 917. The minimum atomic E-state index is 0.192. The lowest BCUT2D eigenvalue weighted by Gasteiger charge is -2.11. The second kappa shape index (κ2) is 7.43. The zero-order valence-electron chi connectivity index (χ0n) is 13.6. The minimum Gasteiger partial charge on any atom is -0.508 e. The first kappa shape index (κ1) is 17.0. The number of aromatic hydroxyl groups is 1. The zero-order valence-corrected chi connectivity index (χ0v) is 15.2. The highest BCUT2D eigenvalue weighted by molar-refractivity contribution is 7.98. The van der Waals surface area contributed by atoms with Gasteiger partial charge in [0.15, 0.2) is 11.5 Å². The van der Waals surface area contributed by atoms with Crippen molar-refractivity contribution >= 4 is 23.4 Å². The number of fused-ring (bicyclic) bond motifs is 1. The number of phenols is 1. The summed E-state index contributed by atoms with van der Waals surface area (Å²) in [5.74, 6) is 2.09. The Labute approximate surface area is 158 Å². The van der Waals surface area contributed by atoms with Crippen LogP contribution in [0.3, 0.4) is 0 Å². The van der Waals surface area contributed by atoms with Gasteiger partial charge >= 0.3 is 0 Å². The van der Waals surface area contributed by atoms with Gasteiger partial charge in [-0.3, -0.25) is 0 Å². The molecule has 0 saturated carbocycles. The van der Waals surface area contributed by atoms with Gasteiger partial charge in [-0.1, -0.05) is 23.4 Å². The molecular weight excluding hydrogens is 376 g/mol. The van der Waals surface area contributed by atoms with Crippen LogP contribution in [0, 0.1) is 0 Å². The molecule has 0 saturated heterocycles. The zero-order chi connectivity index (χ0) is 17.9. The third kappa shape index (κ3) is 3.56. The topological polar surface area (TPSA) is 82.3 Å². The van der Waals surface area contributed by atoms with Gasteiger partial charge in [-0.2, -0.15) is 4.68 Å². The first-order valence-electron chi connectivity index (χ1n) is 7.99. The number of hydrogen-bond acceptors (Lipinski definition) is 7. The molecule has 1 aliphatic rings. The summed E-state index contributed by atoms with van der Waals surface area (Å²) in [6.07, 6.45) is 0.830.